The van der Waals surface area contributed by atoms with Gasteiger partial charge in [-0.05, 0) is 38.8 Å². The monoisotopic (exact) mass is 446 g/mol. The lowest BCUT2D eigenvalue weighted by Crippen LogP contribution is -2.48. The largest absolute Gasteiger partial charge is 0.372 e. The highest BCUT2D eigenvalue weighted by Gasteiger charge is 2.32. The first-order valence-electron chi connectivity index (χ1n) is 9.99. The molecule has 0 aromatic carbocycles. The Balaban J connectivity index is 2.30. The molecule has 0 radical (unpaired) electrons. The van der Waals surface area contributed by atoms with Crippen molar-refractivity contribution in [3.05, 3.63) is 31.9 Å². The SMILES string of the molecule is CCCn1c(N2CC(C)OC(C)C2)c(/C=C2\SC(=S)N(C)C2=O)c(C)c(C#N)c1=O. The number of anilines is 1. The first kappa shape index (κ1) is 22.5. The third-order valence-corrected chi connectivity index (χ3v) is 6.76. The number of thiocarbonyl (C=S) groups is 1. The van der Waals surface area contributed by atoms with Gasteiger partial charge in [0.15, 0.2) is 0 Å². The fourth-order valence-corrected chi connectivity index (χ4v) is 5.10. The molecule has 3 rings (SSSR count). The van der Waals surface area contributed by atoms with Crippen molar-refractivity contribution in [2.24, 2.45) is 0 Å². The first-order chi connectivity index (χ1) is 14.2. The zero-order valence-electron chi connectivity index (χ0n) is 17.9. The molecule has 2 saturated heterocycles. The van der Waals surface area contributed by atoms with Gasteiger partial charge in [0.25, 0.3) is 11.5 Å². The second-order valence-electron chi connectivity index (χ2n) is 7.71. The molecule has 0 N–H and O–H groups in total. The van der Waals surface area contributed by atoms with E-state index in [1.165, 1.54) is 16.7 Å². The second kappa shape index (κ2) is 8.92. The molecule has 0 saturated carbocycles. The minimum absolute atomic E-state index is 0.00317. The Morgan fingerprint density at radius 2 is 1.93 bits per heavy atom. The molecule has 3 heterocycles. The Morgan fingerprint density at radius 3 is 2.43 bits per heavy atom. The van der Waals surface area contributed by atoms with E-state index in [2.05, 4.69) is 11.0 Å². The highest BCUT2D eigenvalue weighted by molar-refractivity contribution is 8.26. The Bertz CT molecular complexity index is 1010. The van der Waals surface area contributed by atoms with E-state index in [4.69, 9.17) is 17.0 Å². The van der Waals surface area contributed by atoms with E-state index in [-0.39, 0.29) is 29.2 Å². The Kier molecular flexibility index (Phi) is 6.70. The molecule has 2 aliphatic heterocycles. The van der Waals surface area contributed by atoms with E-state index in [0.717, 1.165) is 17.8 Å². The number of rotatable bonds is 4. The molecule has 2 unspecified atom stereocenters. The summed E-state index contributed by atoms with van der Waals surface area (Å²) in [6.45, 7) is 9.49. The molecule has 1 amide bonds. The molecule has 160 valence electrons. The number of morpholine rings is 1. The Hall–Kier alpha value is -2.15. The van der Waals surface area contributed by atoms with Crippen LogP contribution in [-0.4, -0.2) is 52.0 Å². The molecular formula is C21H26N4O3S2. The molecule has 30 heavy (non-hydrogen) atoms. The minimum atomic E-state index is -0.293. The molecule has 0 bridgehead atoms. The van der Waals surface area contributed by atoms with E-state index < -0.39 is 0 Å². The number of nitriles is 1. The van der Waals surface area contributed by atoms with Crippen molar-refractivity contribution >= 4 is 46.1 Å². The number of hydrogen-bond acceptors (Lipinski definition) is 7. The van der Waals surface area contributed by atoms with Crippen LogP contribution in [0.25, 0.3) is 6.08 Å². The molecule has 0 aliphatic carbocycles. The van der Waals surface area contributed by atoms with Gasteiger partial charge in [-0.25, -0.2) is 0 Å². The van der Waals surface area contributed by atoms with Gasteiger partial charge in [0.2, 0.25) is 0 Å². The Morgan fingerprint density at radius 1 is 1.30 bits per heavy atom. The van der Waals surface area contributed by atoms with E-state index in [1.54, 1.807) is 24.6 Å². The predicted molar refractivity (Wildman–Crippen MR) is 124 cm³/mol. The van der Waals surface area contributed by atoms with Crippen LogP contribution < -0.4 is 10.5 Å². The van der Waals surface area contributed by atoms with Gasteiger partial charge >= 0.3 is 0 Å². The molecule has 0 spiro atoms. The van der Waals surface area contributed by atoms with Gasteiger partial charge in [0, 0.05) is 32.2 Å². The molecule has 2 aliphatic rings. The van der Waals surface area contributed by atoms with Crippen LogP contribution in [-0.2, 0) is 16.1 Å². The molecule has 2 atom stereocenters. The lowest BCUT2D eigenvalue weighted by Gasteiger charge is -2.39. The average molecular weight is 447 g/mol. The van der Waals surface area contributed by atoms with Crippen molar-refractivity contribution in [2.75, 3.05) is 25.0 Å². The quantitative estimate of drug-likeness (QED) is 0.520. The van der Waals surface area contributed by atoms with Crippen molar-refractivity contribution in [2.45, 2.75) is 52.9 Å². The molecular weight excluding hydrogens is 420 g/mol. The smallest absolute Gasteiger partial charge is 0.270 e. The van der Waals surface area contributed by atoms with E-state index >= 15 is 0 Å². The lowest BCUT2D eigenvalue weighted by atomic mass is 10.0. The highest BCUT2D eigenvalue weighted by Crippen LogP contribution is 2.35. The van der Waals surface area contributed by atoms with Gasteiger partial charge in [-0.15, -0.1) is 0 Å². The Labute approximate surface area is 186 Å². The van der Waals surface area contributed by atoms with Gasteiger partial charge in [-0.2, -0.15) is 5.26 Å². The number of ether oxygens (including phenoxy) is 1. The number of aromatic nitrogens is 1. The average Bonchev–Trinajstić information content (AvgIpc) is 2.92. The zero-order valence-corrected chi connectivity index (χ0v) is 19.5. The minimum Gasteiger partial charge on any atom is -0.372 e. The maximum Gasteiger partial charge on any atom is 0.270 e. The van der Waals surface area contributed by atoms with Gasteiger partial charge in [0.1, 0.15) is 21.8 Å². The van der Waals surface area contributed by atoms with Crippen LogP contribution in [0.15, 0.2) is 9.70 Å². The summed E-state index contributed by atoms with van der Waals surface area (Å²) in [6, 6.07) is 2.07. The summed E-state index contributed by atoms with van der Waals surface area (Å²) < 4.78 is 8.05. The van der Waals surface area contributed by atoms with Crippen LogP contribution in [0.3, 0.4) is 0 Å². The molecule has 1 aromatic rings. The number of carbonyl (C=O) groups is 1. The number of thioether (sulfide) groups is 1. The molecule has 9 heteroatoms. The summed E-state index contributed by atoms with van der Waals surface area (Å²) in [5.41, 5.74) is 1.12. The maximum absolute atomic E-state index is 13.2. The van der Waals surface area contributed by atoms with Gasteiger partial charge in [-0.1, -0.05) is 30.9 Å². The lowest BCUT2D eigenvalue weighted by molar-refractivity contribution is -0.121. The van der Waals surface area contributed by atoms with Crippen LogP contribution >= 0.6 is 24.0 Å². The zero-order chi connectivity index (χ0) is 22.2. The summed E-state index contributed by atoms with van der Waals surface area (Å²) in [7, 11) is 1.65. The van der Waals surface area contributed by atoms with Crippen molar-refractivity contribution < 1.29 is 9.53 Å². The summed E-state index contributed by atoms with van der Waals surface area (Å²) in [5, 5.41) is 9.68. The topological polar surface area (TPSA) is 78.6 Å². The molecule has 1 aromatic heterocycles. The number of nitrogens with zero attached hydrogens (tertiary/aromatic N) is 4. The summed E-state index contributed by atoms with van der Waals surface area (Å²) in [4.78, 5) is 29.9. The van der Waals surface area contributed by atoms with Crippen molar-refractivity contribution in [1.29, 1.82) is 5.26 Å². The molecule has 2 fully saturated rings. The predicted octanol–water partition coefficient (Wildman–Crippen LogP) is 2.88. The van der Waals surface area contributed by atoms with Crippen LogP contribution in [0.1, 0.15) is 43.9 Å². The van der Waals surface area contributed by atoms with Crippen molar-refractivity contribution in [3.8, 4) is 6.07 Å². The van der Waals surface area contributed by atoms with Crippen LogP contribution in [0.5, 0.6) is 0 Å². The van der Waals surface area contributed by atoms with E-state index in [1.807, 2.05) is 20.8 Å². The number of pyridine rings is 1. The number of hydrogen-bond donors (Lipinski definition) is 0. The summed E-state index contributed by atoms with van der Waals surface area (Å²) >= 11 is 6.50. The van der Waals surface area contributed by atoms with Gasteiger partial charge in [-0.3, -0.25) is 19.1 Å². The van der Waals surface area contributed by atoms with Gasteiger partial charge < -0.3 is 9.64 Å². The number of amides is 1. The number of likely N-dealkylation sites (N-methyl/N-ethyl adjacent to an activating group) is 1. The maximum atomic E-state index is 13.2. The standard InChI is InChI=1S/C21H26N4O3S2/c1-6-7-25-18(24-10-12(2)28-13(3)11-24)15(14(4)16(9-22)19(25)26)8-17-20(27)23(5)21(29)30-17/h8,12-13H,6-7,10-11H2,1-5H3/b17-8-. The van der Waals surface area contributed by atoms with Crippen LogP contribution in [0.2, 0.25) is 0 Å². The normalized spacial score (nSPS) is 23.4. The number of carbonyl (C=O) groups excluding carboxylic acids is 1. The van der Waals surface area contributed by atoms with E-state index in [9.17, 15) is 14.9 Å². The highest BCUT2D eigenvalue weighted by atomic mass is 32.2. The fourth-order valence-electron chi connectivity index (χ4n) is 3.94. The second-order valence-corrected chi connectivity index (χ2v) is 9.38. The van der Waals surface area contributed by atoms with Crippen molar-refractivity contribution in [1.82, 2.24) is 9.47 Å². The molecule has 7 nitrogen and oxygen atoms in total. The first-order valence-corrected chi connectivity index (χ1v) is 11.2. The van der Waals surface area contributed by atoms with Crippen molar-refractivity contribution in [3.63, 3.8) is 0 Å². The van der Waals surface area contributed by atoms with Crippen LogP contribution in [0.4, 0.5) is 5.82 Å². The summed E-state index contributed by atoms with van der Waals surface area (Å²) in [5.74, 6) is 0.563. The van der Waals surface area contributed by atoms with E-state index in [0.29, 0.717) is 34.4 Å². The van der Waals surface area contributed by atoms with Crippen LogP contribution in [0, 0.1) is 18.3 Å². The van der Waals surface area contributed by atoms with Gasteiger partial charge in [0.05, 0.1) is 17.1 Å². The summed E-state index contributed by atoms with van der Waals surface area (Å²) in [6.07, 6.45) is 2.52. The fraction of sp³-hybridized carbons (Fsp3) is 0.524. The third kappa shape index (κ3) is 4.04. The third-order valence-electron chi connectivity index (χ3n) is 5.27.